The summed E-state index contributed by atoms with van der Waals surface area (Å²) < 4.78 is 13.2. The molecule has 0 fully saturated rings. The molecule has 0 bridgehead atoms. The van der Waals surface area contributed by atoms with Crippen LogP contribution < -0.4 is 5.73 Å². The largest absolute Gasteiger partial charge is 0.388 e. The van der Waals surface area contributed by atoms with Crippen molar-refractivity contribution in [3.05, 3.63) is 68.4 Å². The fourth-order valence-electron chi connectivity index (χ4n) is 2.16. The number of benzene rings is 2. The molecule has 0 aliphatic heterocycles. The molecule has 0 aliphatic carbocycles. The molecule has 2 unspecified atom stereocenters. The predicted molar refractivity (Wildman–Crippen MR) is 84.6 cm³/mol. The fraction of sp³-hybridized carbons (Fsp3) is 0.200. The number of halogens is 4. The maximum atomic E-state index is 13.2. The molecule has 6 heteroatoms. The van der Waals surface area contributed by atoms with Gasteiger partial charge in [0.25, 0.3) is 0 Å². The van der Waals surface area contributed by atoms with Crippen molar-refractivity contribution in [1.29, 1.82) is 0 Å². The zero-order valence-electron chi connectivity index (χ0n) is 10.9. The third kappa shape index (κ3) is 3.68. The summed E-state index contributed by atoms with van der Waals surface area (Å²) in [6, 6.07) is 9.04. The second-order valence-electron chi connectivity index (χ2n) is 4.63. The molecule has 21 heavy (non-hydrogen) atoms. The average molecular weight is 349 g/mol. The van der Waals surface area contributed by atoms with E-state index < -0.39 is 17.8 Å². The van der Waals surface area contributed by atoms with Crippen molar-refractivity contribution in [2.24, 2.45) is 5.73 Å². The van der Waals surface area contributed by atoms with Crippen molar-refractivity contribution in [1.82, 2.24) is 0 Å². The molecule has 3 N–H and O–H groups in total. The van der Waals surface area contributed by atoms with Crippen LogP contribution in [0.3, 0.4) is 0 Å². The molecule has 0 saturated carbocycles. The monoisotopic (exact) mass is 347 g/mol. The minimum atomic E-state index is -0.952. The fourth-order valence-corrected chi connectivity index (χ4v) is 2.89. The molecule has 0 radical (unpaired) electrons. The lowest BCUT2D eigenvalue weighted by molar-refractivity contribution is 0.147. The lowest BCUT2D eigenvalue weighted by Gasteiger charge is -2.23. The predicted octanol–water partition coefficient (Wildman–Crippen LogP) is 4.56. The number of hydrogen-bond acceptors (Lipinski definition) is 2. The van der Waals surface area contributed by atoms with Crippen molar-refractivity contribution >= 4 is 34.8 Å². The van der Waals surface area contributed by atoms with Crippen LogP contribution in [0.15, 0.2) is 36.4 Å². The zero-order chi connectivity index (χ0) is 15.6. The molecule has 2 aromatic rings. The summed E-state index contributed by atoms with van der Waals surface area (Å²) in [6.45, 7) is 0.164. The van der Waals surface area contributed by atoms with Crippen LogP contribution in [0.2, 0.25) is 15.1 Å². The van der Waals surface area contributed by atoms with Gasteiger partial charge in [-0.3, -0.25) is 0 Å². The van der Waals surface area contributed by atoms with Crippen LogP contribution in [0.25, 0.3) is 0 Å². The third-order valence-corrected chi connectivity index (χ3v) is 4.13. The molecule has 0 aromatic heterocycles. The summed E-state index contributed by atoms with van der Waals surface area (Å²) in [6.07, 6.45) is -0.952. The Morgan fingerprint density at radius 3 is 2.33 bits per heavy atom. The standard InChI is InChI=1S/C15H13Cl3FNO/c16-9-2-3-10(12(17)6-9)11(7-20)15(21)8-1-4-14(19)13(18)5-8/h1-6,11,15,21H,7,20H2. The number of hydrogen-bond donors (Lipinski definition) is 2. The molecule has 0 amide bonds. The summed E-state index contributed by atoms with van der Waals surface area (Å²) in [4.78, 5) is 0. The van der Waals surface area contributed by atoms with Gasteiger partial charge in [-0.15, -0.1) is 0 Å². The summed E-state index contributed by atoms with van der Waals surface area (Å²) in [7, 11) is 0. The minimum absolute atomic E-state index is 0.0514. The van der Waals surface area contributed by atoms with Gasteiger partial charge in [-0.25, -0.2) is 4.39 Å². The molecular weight excluding hydrogens is 336 g/mol. The first-order valence-corrected chi connectivity index (χ1v) is 7.35. The normalized spacial score (nSPS) is 14.0. The topological polar surface area (TPSA) is 46.2 Å². The molecule has 2 atom stereocenters. The van der Waals surface area contributed by atoms with Crippen molar-refractivity contribution < 1.29 is 9.50 Å². The van der Waals surface area contributed by atoms with Crippen molar-refractivity contribution in [2.45, 2.75) is 12.0 Å². The highest BCUT2D eigenvalue weighted by Gasteiger charge is 2.24. The highest BCUT2D eigenvalue weighted by Crippen LogP contribution is 2.36. The van der Waals surface area contributed by atoms with E-state index in [9.17, 15) is 9.50 Å². The lowest BCUT2D eigenvalue weighted by Crippen LogP contribution is -2.20. The van der Waals surface area contributed by atoms with Crippen LogP contribution in [0.5, 0.6) is 0 Å². The molecule has 0 saturated heterocycles. The Morgan fingerprint density at radius 1 is 1.05 bits per heavy atom. The average Bonchev–Trinajstić information content (AvgIpc) is 2.44. The number of nitrogens with two attached hydrogens (primary N) is 1. The van der Waals surface area contributed by atoms with Crippen LogP contribution in [0.4, 0.5) is 4.39 Å². The van der Waals surface area contributed by atoms with E-state index >= 15 is 0 Å². The van der Waals surface area contributed by atoms with Gasteiger partial charge in [0.1, 0.15) is 5.82 Å². The Hall–Kier alpha value is -0.840. The Balaban J connectivity index is 2.37. The van der Waals surface area contributed by atoms with E-state index in [0.29, 0.717) is 21.2 Å². The van der Waals surface area contributed by atoms with E-state index in [1.807, 2.05) is 0 Å². The first-order valence-electron chi connectivity index (χ1n) is 6.22. The smallest absolute Gasteiger partial charge is 0.141 e. The van der Waals surface area contributed by atoms with Gasteiger partial charge in [0, 0.05) is 22.5 Å². The van der Waals surface area contributed by atoms with Gasteiger partial charge in [0.2, 0.25) is 0 Å². The third-order valence-electron chi connectivity index (χ3n) is 3.28. The van der Waals surface area contributed by atoms with Crippen LogP contribution in [-0.4, -0.2) is 11.7 Å². The van der Waals surface area contributed by atoms with Crippen molar-refractivity contribution in [3.8, 4) is 0 Å². The minimum Gasteiger partial charge on any atom is -0.388 e. The number of rotatable bonds is 4. The van der Waals surface area contributed by atoms with E-state index in [1.165, 1.54) is 18.2 Å². The van der Waals surface area contributed by atoms with Gasteiger partial charge < -0.3 is 10.8 Å². The van der Waals surface area contributed by atoms with Gasteiger partial charge in [0.05, 0.1) is 11.1 Å². The maximum absolute atomic E-state index is 13.2. The quantitative estimate of drug-likeness (QED) is 0.850. The first-order chi connectivity index (χ1) is 9.93. The van der Waals surface area contributed by atoms with Gasteiger partial charge in [-0.05, 0) is 35.4 Å². The van der Waals surface area contributed by atoms with E-state index in [2.05, 4.69) is 0 Å². The summed E-state index contributed by atoms with van der Waals surface area (Å²) >= 11 is 17.8. The molecule has 0 aliphatic rings. The molecule has 2 aromatic carbocycles. The molecule has 2 nitrogen and oxygen atoms in total. The maximum Gasteiger partial charge on any atom is 0.141 e. The van der Waals surface area contributed by atoms with Crippen molar-refractivity contribution in [3.63, 3.8) is 0 Å². The van der Waals surface area contributed by atoms with E-state index in [4.69, 9.17) is 40.5 Å². The summed E-state index contributed by atoms with van der Waals surface area (Å²) in [5.74, 6) is -0.988. The molecule has 2 rings (SSSR count). The SMILES string of the molecule is NCC(c1ccc(Cl)cc1Cl)C(O)c1ccc(F)c(Cl)c1. The molecular formula is C15H13Cl3FNO. The number of aliphatic hydroxyl groups excluding tert-OH is 1. The van der Waals surface area contributed by atoms with Crippen LogP contribution >= 0.6 is 34.8 Å². The first kappa shape index (κ1) is 16.5. The van der Waals surface area contributed by atoms with Crippen molar-refractivity contribution in [2.75, 3.05) is 6.54 Å². The highest BCUT2D eigenvalue weighted by molar-refractivity contribution is 6.35. The summed E-state index contributed by atoms with van der Waals surface area (Å²) in [5, 5.41) is 11.4. The van der Waals surface area contributed by atoms with Gasteiger partial charge >= 0.3 is 0 Å². The Labute approximate surface area is 137 Å². The molecule has 112 valence electrons. The lowest BCUT2D eigenvalue weighted by atomic mass is 9.89. The van der Waals surface area contributed by atoms with Gasteiger partial charge in [-0.1, -0.05) is 46.9 Å². The van der Waals surface area contributed by atoms with E-state index in [-0.39, 0.29) is 11.6 Å². The van der Waals surface area contributed by atoms with Crippen LogP contribution in [0, 0.1) is 5.82 Å². The second kappa shape index (κ2) is 6.95. The van der Waals surface area contributed by atoms with E-state index in [1.54, 1.807) is 18.2 Å². The Morgan fingerprint density at radius 2 is 1.76 bits per heavy atom. The van der Waals surface area contributed by atoms with Crippen LogP contribution in [0.1, 0.15) is 23.1 Å². The number of aliphatic hydroxyl groups is 1. The Kier molecular flexibility index (Phi) is 5.47. The highest BCUT2D eigenvalue weighted by atomic mass is 35.5. The molecule has 0 spiro atoms. The summed E-state index contributed by atoms with van der Waals surface area (Å²) in [5.41, 5.74) is 6.91. The van der Waals surface area contributed by atoms with Gasteiger partial charge in [0.15, 0.2) is 0 Å². The van der Waals surface area contributed by atoms with Crippen LogP contribution in [-0.2, 0) is 0 Å². The Bertz CT molecular complexity index is 651. The van der Waals surface area contributed by atoms with E-state index in [0.717, 1.165) is 0 Å². The zero-order valence-corrected chi connectivity index (χ0v) is 13.1. The molecule has 0 heterocycles. The van der Waals surface area contributed by atoms with Gasteiger partial charge in [-0.2, -0.15) is 0 Å². The second-order valence-corrected chi connectivity index (χ2v) is 5.88.